The maximum Gasteiger partial charge on any atom is 0.359 e. The summed E-state index contributed by atoms with van der Waals surface area (Å²) in [5, 5.41) is 7.95. The lowest BCUT2D eigenvalue weighted by molar-refractivity contribution is -0.119. The van der Waals surface area contributed by atoms with Crippen molar-refractivity contribution in [1.82, 2.24) is 9.78 Å². The molecule has 0 atom stereocenters. The highest BCUT2D eigenvalue weighted by atomic mass is 35.5. The summed E-state index contributed by atoms with van der Waals surface area (Å²) < 4.78 is 6.43. The summed E-state index contributed by atoms with van der Waals surface area (Å²) in [5.41, 5.74) is 1.87. The van der Waals surface area contributed by atoms with E-state index in [1.54, 1.807) is 42.5 Å². The summed E-state index contributed by atoms with van der Waals surface area (Å²) in [6.45, 7) is 1.54. The van der Waals surface area contributed by atoms with Crippen LogP contribution in [0.2, 0.25) is 5.02 Å². The van der Waals surface area contributed by atoms with Crippen LogP contribution in [0.5, 0.6) is 0 Å². The summed E-state index contributed by atoms with van der Waals surface area (Å²) in [5.74, 6) is -1.35. The number of fused-ring (bicyclic) bond motifs is 1. The fraction of sp³-hybridized carbons (Fsp3) is 0.120. The number of nitrogens with zero attached hydrogens (tertiary/aromatic N) is 2. The molecule has 4 aromatic rings. The molecule has 0 aliphatic carbocycles. The van der Waals surface area contributed by atoms with Gasteiger partial charge in [0.2, 0.25) is 0 Å². The summed E-state index contributed by atoms with van der Waals surface area (Å²) in [6.07, 6.45) is 0. The van der Waals surface area contributed by atoms with E-state index < -0.39 is 18.5 Å². The lowest BCUT2D eigenvalue weighted by atomic mass is 10.1. The van der Waals surface area contributed by atoms with Crippen LogP contribution in [-0.4, -0.2) is 28.3 Å². The molecule has 166 valence electrons. The predicted octanol–water partition coefficient (Wildman–Crippen LogP) is 4.20. The second-order valence-electron chi connectivity index (χ2n) is 7.45. The number of amides is 1. The molecule has 33 heavy (non-hydrogen) atoms. The van der Waals surface area contributed by atoms with Gasteiger partial charge in [0, 0.05) is 5.39 Å². The second kappa shape index (κ2) is 9.67. The predicted molar refractivity (Wildman–Crippen MR) is 127 cm³/mol. The largest absolute Gasteiger partial charge is 0.451 e. The molecule has 0 saturated heterocycles. The van der Waals surface area contributed by atoms with Gasteiger partial charge in [-0.2, -0.15) is 5.10 Å². The molecule has 4 rings (SSSR count). The number of nitrogens with one attached hydrogen (secondary N) is 1. The third-order valence-corrected chi connectivity index (χ3v) is 5.28. The summed E-state index contributed by atoms with van der Waals surface area (Å²) >= 11 is 6.13. The molecule has 0 aliphatic rings. The third kappa shape index (κ3) is 5.10. The Balaban J connectivity index is 1.56. The molecule has 3 aromatic carbocycles. The molecule has 8 heteroatoms. The number of carbonyl (C=O) groups excluding carboxylic acids is 2. The first-order valence-electron chi connectivity index (χ1n) is 10.2. The van der Waals surface area contributed by atoms with Crippen LogP contribution in [0.1, 0.15) is 21.6 Å². The van der Waals surface area contributed by atoms with E-state index >= 15 is 0 Å². The van der Waals surface area contributed by atoms with E-state index in [9.17, 15) is 14.4 Å². The van der Waals surface area contributed by atoms with E-state index in [-0.39, 0.29) is 17.8 Å². The van der Waals surface area contributed by atoms with Crippen LogP contribution in [0.25, 0.3) is 10.8 Å². The SMILES string of the molecule is Cc1ccc(NC(=O)COC(=O)c2nn(Cc3ccccc3)c(=O)c3ccccc23)c(Cl)c1. The molecule has 1 aromatic heterocycles. The zero-order chi connectivity index (χ0) is 23.4. The van der Waals surface area contributed by atoms with Gasteiger partial charge in [0.25, 0.3) is 11.5 Å². The van der Waals surface area contributed by atoms with Gasteiger partial charge in [-0.25, -0.2) is 9.48 Å². The van der Waals surface area contributed by atoms with E-state index in [2.05, 4.69) is 10.4 Å². The molecule has 0 radical (unpaired) electrons. The van der Waals surface area contributed by atoms with Gasteiger partial charge in [-0.3, -0.25) is 9.59 Å². The van der Waals surface area contributed by atoms with Crippen molar-refractivity contribution in [1.29, 1.82) is 0 Å². The van der Waals surface area contributed by atoms with Crippen molar-refractivity contribution >= 4 is 39.9 Å². The van der Waals surface area contributed by atoms with Gasteiger partial charge in [-0.1, -0.05) is 66.2 Å². The van der Waals surface area contributed by atoms with Crippen LogP contribution < -0.4 is 10.9 Å². The minimum absolute atomic E-state index is 0.0395. The number of rotatable bonds is 6. The summed E-state index contributed by atoms with van der Waals surface area (Å²) in [7, 11) is 0. The number of hydrogen-bond acceptors (Lipinski definition) is 5. The van der Waals surface area contributed by atoms with E-state index in [1.807, 2.05) is 37.3 Å². The number of carbonyl (C=O) groups is 2. The number of aromatic nitrogens is 2. The second-order valence-corrected chi connectivity index (χ2v) is 7.86. The first-order valence-corrected chi connectivity index (χ1v) is 10.6. The molecule has 7 nitrogen and oxygen atoms in total. The molecule has 0 saturated carbocycles. The zero-order valence-electron chi connectivity index (χ0n) is 17.7. The molecule has 0 spiro atoms. The lowest BCUT2D eigenvalue weighted by Gasteiger charge is -2.11. The molecular formula is C25H20ClN3O4. The van der Waals surface area contributed by atoms with Gasteiger partial charge in [-0.05, 0) is 36.2 Å². The standard InChI is InChI=1S/C25H20ClN3O4/c1-16-11-12-21(20(26)13-16)27-22(30)15-33-25(32)23-18-9-5-6-10-19(18)24(31)29(28-23)14-17-7-3-2-4-8-17/h2-13H,14-15H2,1H3,(H,27,30). The topological polar surface area (TPSA) is 90.3 Å². The van der Waals surface area contributed by atoms with Crippen LogP contribution in [0.15, 0.2) is 77.6 Å². The Morgan fingerprint density at radius 1 is 1.00 bits per heavy atom. The number of halogens is 1. The van der Waals surface area contributed by atoms with E-state index in [0.29, 0.717) is 21.5 Å². The minimum Gasteiger partial charge on any atom is -0.451 e. The van der Waals surface area contributed by atoms with Crippen molar-refractivity contribution in [3.05, 3.63) is 105 Å². The Hall–Kier alpha value is -3.97. The van der Waals surface area contributed by atoms with E-state index in [4.69, 9.17) is 16.3 Å². The van der Waals surface area contributed by atoms with Crippen LogP contribution in [0, 0.1) is 6.92 Å². The highest BCUT2D eigenvalue weighted by Crippen LogP contribution is 2.22. The van der Waals surface area contributed by atoms with Crippen molar-refractivity contribution in [2.75, 3.05) is 11.9 Å². The number of esters is 1. The van der Waals surface area contributed by atoms with Crippen molar-refractivity contribution < 1.29 is 14.3 Å². The Bertz CT molecular complexity index is 1400. The molecule has 1 amide bonds. The smallest absolute Gasteiger partial charge is 0.359 e. The molecule has 0 fully saturated rings. The highest BCUT2D eigenvalue weighted by molar-refractivity contribution is 6.33. The van der Waals surface area contributed by atoms with Gasteiger partial charge >= 0.3 is 5.97 Å². The maximum atomic E-state index is 12.9. The van der Waals surface area contributed by atoms with Crippen molar-refractivity contribution in [3.63, 3.8) is 0 Å². The number of anilines is 1. The molecule has 0 unspecified atom stereocenters. The lowest BCUT2D eigenvalue weighted by Crippen LogP contribution is -2.28. The average molecular weight is 462 g/mol. The minimum atomic E-state index is -0.807. The normalized spacial score (nSPS) is 10.7. The number of benzene rings is 3. The summed E-state index contributed by atoms with van der Waals surface area (Å²) in [6, 6.07) is 21.2. The molecule has 0 aliphatic heterocycles. The summed E-state index contributed by atoms with van der Waals surface area (Å²) in [4.78, 5) is 38.0. The molecule has 0 bridgehead atoms. The van der Waals surface area contributed by atoms with Crippen LogP contribution in [0.4, 0.5) is 5.69 Å². The van der Waals surface area contributed by atoms with Crippen LogP contribution in [-0.2, 0) is 16.1 Å². The Labute approximate surface area is 194 Å². The van der Waals surface area contributed by atoms with Crippen LogP contribution >= 0.6 is 11.6 Å². The fourth-order valence-corrected chi connectivity index (χ4v) is 3.64. The van der Waals surface area contributed by atoms with Crippen molar-refractivity contribution in [2.45, 2.75) is 13.5 Å². The Morgan fingerprint density at radius 3 is 2.42 bits per heavy atom. The first kappa shape index (κ1) is 22.2. The van der Waals surface area contributed by atoms with Gasteiger partial charge in [0.15, 0.2) is 12.3 Å². The van der Waals surface area contributed by atoms with E-state index in [0.717, 1.165) is 11.1 Å². The number of ether oxygens (including phenoxy) is 1. The average Bonchev–Trinajstić information content (AvgIpc) is 2.82. The number of aryl methyl sites for hydroxylation is 1. The van der Waals surface area contributed by atoms with Gasteiger partial charge in [0.05, 0.1) is 22.6 Å². The highest BCUT2D eigenvalue weighted by Gasteiger charge is 2.19. The fourth-order valence-electron chi connectivity index (χ4n) is 3.36. The zero-order valence-corrected chi connectivity index (χ0v) is 18.5. The Kier molecular flexibility index (Phi) is 6.51. The van der Waals surface area contributed by atoms with Gasteiger partial charge in [-0.15, -0.1) is 0 Å². The Morgan fingerprint density at radius 2 is 1.70 bits per heavy atom. The van der Waals surface area contributed by atoms with Gasteiger partial charge < -0.3 is 10.1 Å². The molecule has 1 N–H and O–H groups in total. The monoisotopic (exact) mass is 461 g/mol. The van der Waals surface area contributed by atoms with Crippen molar-refractivity contribution in [2.24, 2.45) is 0 Å². The first-order chi connectivity index (χ1) is 15.9. The number of hydrogen-bond donors (Lipinski definition) is 1. The van der Waals surface area contributed by atoms with Crippen molar-refractivity contribution in [3.8, 4) is 0 Å². The third-order valence-electron chi connectivity index (χ3n) is 4.97. The van der Waals surface area contributed by atoms with Gasteiger partial charge in [0.1, 0.15) is 0 Å². The van der Waals surface area contributed by atoms with Crippen LogP contribution in [0.3, 0.4) is 0 Å². The van der Waals surface area contributed by atoms with E-state index in [1.165, 1.54) is 4.68 Å². The maximum absolute atomic E-state index is 12.9. The quantitative estimate of drug-likeness (QED) is 0.434. The molecule has 1 heterocycles. The molecular weight excluding hydrogens is 442 g/mol.